The van der Waals surface area contributed by atoms with Crippen LogP contribution < -0.4 is 34.4 Å². The molecule has 4 aliphatic heterocycles. The van der Waals surface area contributed by atoms with Crippen LogP contribution in [0.15, 0.2) is 134 Å². The summed E-state index contributed by atoms with van der Waals surface area (Å²) in [6, 6.07) is 36.5. The van der Waals surface area contributed by atoms with Gasteiger partial charge < -0.3 is 34.4 Å². The summed E-state index contributed by atoms with van der Waals surface area (Å²) < 4.78 is 65.6. The fourth-order valence-electron chi connectivity index (χ4n) is 9.10. The molecule has 1 unspecified atom stereocenters. The fraction of sp³-hybridized carbons (Fsp3) is 0.345. The zero-order valence-electron chi connectivity index (χ0n) is 41.6. The van der Waals surface area contributed by atoms with Crippen molar-refractivity contribution in [3.63, 3.8) is 0 Å². The Balaban J connectivity index is 0.000000160. The Bertz CT molecular complexity index is 2930. The zero-order valence-corrected chi connectivity index (χ0v) is 43.9. The first kappa shape index (κ1) is 54.8. The van der Waals surface area contributed by atoms with Gasteiger partial charge in [0.2, 0.25) is 5.91 Å². The lowest BCUT2D eigenvalue weighted by Gasteiger charge is -2.27. The SMILES string of the molecule is CS(=O)(=O)O[C@H]1CCN(c2ccc(Cl)c(F)c2)C1=O.O=C1C(N2CCCN(c3ccc(OCc4ccccc4)cn3)CC2)CCN1c1ccc(Cl)c(F)c1.c1ccc(COc2ccc(N3CCCNCC3)nc2)cc1. The summed E-state index contributed by atoms with van der Waals surface area (Å²) >= 11 is 11.4. The van der Waals surface area contributed by atoms with Crippen LogP contribution in [0.1, 0.15) is 36.8 Å². The lowest BCUT2D eigenvalue weighted by Crippen LogP contribution is -2.43. The van der Waals surface area contributed by atoms with E-state index in [1.165, 1.54) is 34.7 Å². The molecule has 0 saturated carbocycles. The Labute approximate surface area is 447 Å². The number of rotatable bonds is 13. The molecule has 4 aromatic carbocycles. The van der Waals surface area contributed by atoms with E-state index in [1.54, 1.807) is 17.2 Å². The van der Waals surface area contributed by atoms with Crippen LogP contribution in [0.4, 0.5) is 31.8 Å². The number of aromatic nitrogens is 2. The molecule has 10 rings (SSSR count). The topological polar surface area (TPSA) is 150 Å². The van der Waals surface area contributed by atoms with Gasteiger partial charge in [-0.25, -0.2) is 18.7 Å². The van der Waals surface area contributed by atoms with Gasteiger partial charge in [0.15, 0.2) is 6.10 Å². The summed E-state index contributed by atoms with van der Waals surface area (Å²) in [7, 11) is -3.70. The molecular weight excluding hydrogens is 1030 g/mol. The number of carbonyl (C=O) groups is 2. The summed E-state index contributed by atoms with van der Waals surface area (Å²) in [6.07, 6.45) is 6.48. The van der Waals surface area contributed by atoms with Crippen LogP contribution in [0.2, 0.25) is 10.0 Å². The normalized spacial score (nSPS) is 18.4. The van der Waals surface area contributed by atoms with Gasteiger partial charge in [0.05, 0.1) is 34.7 Å². The van der Waals surface area contributed by atoms with Crippen molar-refractivity contribution in [3.8, 4) is 11.5 Å². The number of nitrogens with one attached hydrogen (secondary N) is 1. The predicted molar refractivity (Wildman–Crippen MR) is 288 cm³/mol. The molecule has 6 heterocycles. The second-order valence-corrected chi connectivity index (χ2v) is 20.7. The summed E-state index contributed by atoms with van der Waals surface area (Å²) in [4.78, 5) is 44.0. The molecule has 396 valence electrons. The molecule has 0 bridgehead atoms. The molecule has 0 spiro atoms. The van der Waals surface area contributed by atoms with Crippen molar-refractivity contribution in [2.75, 3.05) is 91.3 Å². The molecular formula is C55H60Cl2F2N8O7S. The lowest BCUT2D eigenvalue weighted by molar-refractivity contribution is -0.123. The van der Waals surface area contributed by atoms with Crippen molar-refractivity contribution >= 4 is 68.1 Å². The Hall–Kier alpha value is -6.41. The van der Waals surface area contributed by atoms with Gasteiger partial charge in [-0.2, -0.15) is 8.42 Å². The maximum absolute atomic E-state index is 13.9. The molecule has 75 heavy (non-hydrogen) atoms. The Morgan fingerprint density at radius 1 is 0.600 bits per heavy atom. The van der Waals surface area contributed by atoms with E-state index >= 15 is 0 Å². The van der Waals surface area contributed by atoms with Crippen molar-refractivity contribution in [2.24, 2.45) is 0 Å². The van der Waals surface area contributed by atoms with Gasteiger partial charge in [-0.3, -0.25) is 18.7 Å². The van der Waals surface area contributed by atoms with Crippen molar-refractivity contribution in [3.05, 3.63) is 167 Å². The van der Waals surface area contributed by atoms with Crippen molar-refractivity contribution in [2.45, 2.75) is 51.0 Å². The highest BCUT2D eigenvalue weighted by atomic mass is 35.5. The third-order valence-corrected chi connectivity index (χ3v) is 14.1. The first-order chi connectivity index (χ1) is 36.3. The van der Waals surface area contributed by atoms with Gasteiger partial charge in [0.25, 0.3) is 16.0 Å². The van der Waals surface area contributed by atoms with Gasteiger partial charge in [-0.05, 0) is 97.6 Å². The van der Waals surface area contributed by atoms with Gasteiger partial charge in [0.1, 0.15) is 48.0 Å². The minimum atomic E-state index is -3.70. The number of carbonyl (C=O) groups excluding carboxylic acids is 2. The average molecular weight is 1090 g/mol. The van der Waals surface area contributed by atoms with Gasteiger partial charge in [-0.15, -0.1) is 0 Å². The second kappa shape index (κ2) is 26.4. The number of anilines is 4. The predicted octanol–water partition coefficient (Wildman–Crippen LogP) is 8.79. The summed E-state index contributed by atoms with van der Waals surface area (Å²) in [6.45, 7) is 9.39. The van der Waals surface area contributed by atoms with E-state index in [2.05, 4.69) is 46.3 Å². The van der Waals surface area contributed by atoms with Crippen LogP contribution in [0.5, 0.6) is 11.5 Å². The van der Waals surface area contributed by atoms with Crippen molar-refractivity contribution in [1.82, 2.24) is 20.2 Å². The smallest absolute Gasteiger partial charge is 0.265 e. The molecule has 15 nitrogen and oxygen atoms in total. The Morgan fingerprint density at radius 3 is 1.67 bits per heavy atom. The van der Waals surface area contributed by atoms with Crippen LogP contribution in [0.3, 0.4) is 0 Å². The minimum absolute atomic E-state index is 0.0261. The summed E-state index contributed by atoms with van der Waals surface area (Å²) in [5.74, 6) is 1.88. The van der Waals surface area contributed by atoms with Crippen LogP contribution in [0, 0.1) is 11.6 Å². The number of halogens is 4. The van der Waals surface area contributed by atoms with E-state index in [0.29, 0.717) is 31.1 Å². The summed E-state index contributed by atoms with van der Waals surface area (Å²) in [5.41, 5.74) is 3.17. The van der Waals surface area contributed by atoms with Gasteiger partial charge in [-0.1, -0.05) is 83.9 Å². The molecule has 0 radical (unpaired) electrons. The Morgan fingerprint density at radius 2 is 1.13 bits per heavy atom. The average Bonchev–Trinajstić information content (AvgIpc) is 3.70. The highest BCUT2D eigenvalue weighted by Gasteiger charge is 2.38. The quantitative estimate of drug-likeness (QED) is 0.110. The van der Waals surface area contributed by atoms with Crippen molar-refractivity contribution in [1.29, 1.82) is 0 Å². The number of pyridine rings is 2. The molecule has 20 heteroatoms. The van der Waals surface area contributed by atoms with Crippen LogP contribution >= 0.6 is 23.2 Å². The van der Waals surface area contributed by atoms with Crippen LogP contribution in [0.25, 0.3) is 0 Å². The lowest BCUT2D eigenvalue weighted by atomic mass is 10.2. The van der Waals surface area contributed by atoms with E-state index in [1.807, 2.05) is 79.0 Å². The third kappa shape index (κ3) is 15.6. The van der Waals surface area contributed by atoms with Gasteiger partial charge in [0, 0.05) is 76.7 Å². The van der Waals surface area contributed by atoms with Crippen LogP contribution in [-0.4, -0.2) is 119 Å². The van der Waals surface area contributed by atoms with E-state index in [-0.39, 0.29) is 35.0 Å². The highest BCUT2D eigenvalue weighted by molar-refractivity contribution is 7.86. The van der Waals surface area contributed by atoms with Crippen molar-refractivity contribution < 1.29 is 40.4 Å². The molecule has 4 saturated heterocycles. The van der Waals surface area contributed by atoms with E-state index < -0.39 is 33.8 Å². The van der Waals surface area contributed by atoms with E-state index in [9.17, 15) is 26.8 Å². The Kier molecular flexibility index (Phi) is 19.3. The number of benzene rings is 4. The molecule has 6 aromatic rings. The van der Waals surface area contributed by atoms with E-state index in [0.717, 1.165) is 113 Å². The number of ether oxygens (including phenoxy) is 2. The van der Waals surface area contributed by atoms with Gasteiger partial charge >= 0.3 is 0 Å². The molecule has 2 amide bonds. The van der Waals surface area contributed by atoms with E-state index in [4.69, 9.17) is 32.7 Å². The van der Waals surface area contributed by atoms with Crippen LogP contribution in [-0.2, 0) is 37.1 Å². The fourth-order valence-corrected chi connectivity index (χ4v) is 9.94. The molecule has 4 fully saturated rings. The molecule has 2 aromatic heterocycles. The molecule has 4 aliphatic rings. The maximum Gasteiger partial charge on any atom is 0.265 e. The number of hydrogen-bond acceptors (Lipinski definition) is 13. The largest absolute Gasteiger partial charge is 0.487 e. The number of amides is 2. The number of hydrogen-bond donors (Lipinski definition) is 1. The zero-order chi connectivity index (χ0) is 52.7. The third-order valence-electron chi connectivity index (χ3n) is 13.0. The number of nitrogens with zero attached hydrogens (tertiary/aromatic N) is 7. The molecule has 1 N–H and O–H groups in total. The standard InChI is InChI=1S/C27H28ClFN4O2.C17H21N3O.C11H11ClFNO4S/c28-23-9-7-21(17-24(23)29)33-14-11-25(27(33)34)31-12-4-13-32(16-15-31)26-10-8-22(18-30-26)35-19-20-5-2-1-3-6-20;1-2-5-15(6-3-1)14-21-16-7-8-17(19-13-16)20-11-4-9-18-10-12-20;1-19(16,17)18-10-4-5-14(11(10)15)7-2-3-8(12)9(13)6-7/h1-3,5-10,17-18,25H,4,11-16,19H2;1-3,5-8,13,18H,4,9-12,14H2;2-3,6,10H,4-5H2,1H3/t;;10-/m..0/s1. The first-order valence-electron chi connectivity index (χ1n) is 24.9. The second-order valence-electron chi connectivity index (χ2n) is 18.3. The maximum atomic E-state index is 13.9. The first-order valence-corrected chi connectivity index (χ1v) is 27.5. The molecule has 0 aliphatic carbocycles. The molecule has 2 atom stereocenters. The summed E-state index contributed by atoms with van der Waals surface area (Å²) in [5, 5.41) is 3.42. The monoisotopic (exact) mass is 1080 g/mol. The highest BCUT2D eigenvalue weighted by Crippen LogP contribution is 2.30. The minimum Gasteiger partial charge on any atom is -0.487 e.